The maximum absolute atomic E-state index is 10.9. The van der Waals surface area contributed by atoms with Gasteiger partial charge in [0.15, 0.2) is 0 Å². The van der Waals surface area contributed by atoms with Gasteiger partial charge in [-0.2, -0.15) is 0 Å². The van der Waals surface area contributed by atoms with Crippen LogP contribution in [0.2, 0.25) is 0 Å². The molecule has 0 saturated carbocycles. The van der Waals surface area contributed by atoms with E-state index in [2.05, 4.69) is 21.3 Å². The number of aliphatic hydroxyl groups is 1. The number of carbonyl (C=O) groups is 4. The van der Waals surface area contributed by atoms with Crippen LogP contribution in [0.5, 0.6) is 0 Å². The van der Waals surface area contributed by atoms with Crippen LogP contribution in [0.4, 0.5) is 0 Å². The highest BCUT2D eigenvalue weighted by atomic mass is 16.3. The van der Waals surface area contributed by atoms with E-state index in [4.69, 9.17) is 0 Å². The normalized spacial score (nSPS) is 10.2. The van der Waals surface area contributed by atoms with Crippen LogP contribution in [-0.4, -0.2) is 62.5 Å². The molecule has 0 aliphatic rings. The predicted molar refractivity (Wildman–Crippen MR) is 94.5 cm³/mol. The maximum Gasteiger partial charge on any atom is 0.222 e. The van der Waals surface area contributed by atoms with Crippen LogP contribution < -0.4 is 21.3 Å². The third kappa shape index (κ3) is 15.1. The Hall–Kier alpha value is -2.16. The molecule has 0 rings (SSSR count). The second-order valence-electron chi connectivity index (χ2n) is 6.06. The first-order valence-electron chi connectivity index (χ1n) is 8.06. The molecular formula is C16H32N4O5. The third-order valence-electron chi connectivity index (χ3n) is 3.27. The minimum Gasteiger partial charge on any atom is -0.389 e. The fourth-order valence-corrected chi connectivity index (χ4v) is 1.84. The Morgan fingerprint density at radius 1 is 0.760 bits per heavy atom. The highest BCUT2D eigenvalue weighted by Gasteiger charge is 2.26. The summed E-state index contributed by atoms with van der Waals surface area (Å²) in [4.78, 5) is 43.5. The Balaban J connectivity index is 0. The van der Waals surface area contributed by atoms with Crippen molar-refractivity contribution in [1.82, 2.24) is 21.3 Å². The van der Waals surface area contributed by atoms with Gasteiger partial charge in [-0.05, 0) is 12.8 Å². The fourth-order valence-electron chi connectivity index (χ4n) is 1.84. The van der Waals surface area contributed by atoms with Crippen molar-refractivity contribution in [2.75, 3.05) is 28.2 Å². The van der Waals surface area contributed by atoms with Gasteiger partial charge in [-0.3, -0.25) is 19.2 Å². The Labute approximate surface area is 149 Å². The van der Waals surface area contributed by atoms with Crippen molar-refractivity contribution in [2.45, 2.75) is 45.1 Å². The van der Waals surface area contributed by atoms with Gasteiger partial charge in [0.25, 0.3) is 0 Å². The second-order valence-corrected chi connectivity index (χ2v) is 6.06. The highest BCUT2D eigenvalue weighted by Crippen LogP contribution is 2.13. The van der Waals surface area contributed by atoms with E-state index in [1.54, 1.807) is 14.1 Å². The largest absolute Gasteiger partial charge is 0.389 e. The van der Waals surface area contributed by atoms with E-state index in [-0.39, 0.29) is 42.4 Å². The zero-order valence-electron chi connectivity index (χ0n) is 16.0. The average Bonchev–Trinajstić information content (AvgIpc) is 2.53. The molecule has 0 radical (unpaired) electrons. The molecule has 0 heterocycles. The SMILES string of the molecule is CNC(=O)CC(C)(O)CC(=O)NC.CNC(=O)CC(C)CC(=O)NC. The number of hydrogen-bond acceptors (Lipinski definition) is 5. The summed E-state index contributed by atoms with van der Waals surface area (Å²) < 4.78 is 0. The number of carbonyl (C=O) groups excluding carboxylic acids is 4. The van der Waals surface area contributed by atoms with E-state index in [1.807, 2.05) is 6.92 Å². The molecule has 0 aromatic rings. The van der Waals surface area contributed by atoms with E-state index in [0.29, 0.717) is 12.8 Å². The number of amides is 4. The van der Waals surface area contributed by atoms with Crippen molar-refractivity contribution in [1.29, 1.82) is 0 Å². The van der Waals surface area contributed by atoms with Gasteiger partial charge in [0, 0.05) is 41.0 Å². The van der Waals surface area contributed by atoms with E-state index in [0.717, 1.165) is 0 Å². The van der Waals surface area contributed by atoms with Gasteiger partial charge in [-0.15, -0.1) is 0 Å². The summed E-state index contributed by atoms with van der Waals surface area (Å²) in [5.41, 5.74) is -1.28. The quantitative estimate of drug-likeness (QED) is 0.374. The molecule has 146 valence electrons. The summed E-state index contributed by atoms with van der Waals surface area (Å²) in [6, 6.07) is 0. The van der Waals surface area contributed by atoms with Crippen LogP contribution >= 0.6 is 0 Å². The molecule has 0 aromatic carbocycles. The molecule has 9 nitrogen and oxygen atoms in total. The molecule has 0 aromatic heterocycles. The van der Waals surface area contributed by atoms with Gasteiger partial charge in [0.2, 0.25) is 23.6 Å². The lowest BCUT2D eigenvalue weighted by molar-refractivity contribution is -0.130. The lowest BCUT2D eigenvalue weighted by Crippen LogP contribution is -2.37. The predicted octanol–water partition coefficient (Wildman–Crippen LogP) is -1.10. The van der Waals surface area contributed by atoms with Crippen LogP contribution in [0.3, 0.4) is 0 Å². The number of hydrogen-bond donors (Lipinski definition) is 5. The van der Waals surface area contributed by atoms with E-state index < -0.39 is 5.60 Å². The van der Waals surface area contributed by atoms with Crippen molar-refractivity contribution < 1.29 is 24.3 Å². The summed E-state index contributed by atoms with van der Waals surface area (Å²) in [5, 5.41) is 19.4. The zero-order chi connectivity index (χ0) is 20.0. The molecule has 0 atom stereocenters. The first-order valence-corrected chi connectivity index (χ1v) is 8.06. The minimum absolute atomic E-state index is 0.0218. The van der Waals surface area contributed by atoms with E-state index in [9.17, 15) is 24.3 Å². The van der Waals surface area contributed by atoms with E-state index in [1.165, 1.54) is 21.0 Å². The molecule has 0 fully saturated rings. The molecule has 0 unspecified atom stereocenters. The van der Waals surface area contributed by atoms with Crippen LogP contribution in [0.1, 0.15) is 39.5 Å². The smallest absolute Gasteiger partial charge is 0.222 e. The van der Waals surface area contributed by atoms with Crippen molar-refractivity contribution in [2.24, 2.45) is 5.92 Å². The average molecular weight is 360 g/mol. The van der Waals surface area contributed by atoms with Gasteiger partial charge in [0.05, 0.1) is 18.4 Å². The molecule has 25 heavy (non-hydrogen) atoms. The topological polar surface area (TPSA) is 137 Å². The molecule has 4 amide bonds. The van der Waals surface area contributed by atoms with Crippen molar-refractivity contribution in [3.8, 4) is 0 Å². The summed E-state index contributed by atoms with van der Waals surface area (Å²) in [7, 11) is 6.15. The molecule has 0 spiro atoms. The van der Waals surface area contributed by atoms with Gasteiger partial charge in [-0.1, -0.05) is 6.92 Å². The zero-order valence-corrected chi connectivity index (χ0v) is 16.0. The number of nitrogens with one attached hydrogen (secondary N) is 4. The molecule has 0 saturated heterocycles. The molecule has 0 aliphatic carbocycles. The van der Waals surface area contributed by atoms with Crippen molar-refractivity contribution in [3.63, 3.8) is 0 Å². The van der Waals surface area contributed by atoms with Crippen molar-refractivity contribution in [3.05, 3.63) is 0 Å². The monoisotopic (exact) mass is 360 g/mol. The Morgan fingerprint density at radius 3 is 1.28 bits per heavy atom. The van der Waals surface area contributed by atoms with Gasteiger partial charge in [0.1, 0.15) is 0 Å². The first kappa shape index (κ1) is 25.1. The molecule has 0 bridgehead atoms. The van der Waals surface area contributed by atoms with Crippen LogP contribution in [0.15, 0.2) is 0 Å². The van der Waals surface area contributed by atoms with Gasteiger partial charge >= 0.3 is 0 Å². The maximum atomic E-state index is 10.9. The summed E-state index contributed by atoms with van der Waals surface area (Å²) in [6.07, 6.45) is 0.668. The van der Waals surface area contributed by atoms with E-state index >= 15 is 0 Å². The molecular weight excluding hydrogens is 328 g/mol. The first-order chi connectivity index (χ1) is 11.5. The number of rotatable bonds is 8. The van der Waals surface area contributed by atoms with Gasteiger partial charge in [-0.25, -0.2) is 0 Å². The van der Waals surface area contributed by atoms with Crippen LogP contribution in [-0.2, 0) is 19.2 Å². The van der Waals surface area contributed by atoms with Crippen LogP contribution in [0, 0.1) is 5.92 Å². The third-order valence-corrected chi connectivity index (χ3v) is 3.27. The molecule has 5 N–H and O–H groups in total. The van der Waals surface area contributed by atoms with Gasteiger partial charge < -0.3 is 26.4 Å². The minimum atomic E-state index is -1.28. The Kier molecular flexibility index (Phi) is 13.2. The molecule has 0 aliphatic heterocycles. The second kappa shape index (κ2) is 13.2. The standard InChI is InChI=1S/C8H16N2O3.C8H16N2O2/c1-8(13,4-6(11)9-2)5-7(12)10-3;1-6(4-7(11)9-2)5-8(12)10-3/h13H,4-5H2,1-3H3,(H,9,11)(H,10,12);6H,4-5H2,1-3H3,(H,9,11)(H,10,12). The van der Waals surface area contributed by atoms with Crippen LogP contribution in [0.25, 0.3) is 0 Å². The lowest BCUT2D eigenvalue weighted by atomic mass is 9.97. The Bertz CT molecular complexity index is 414. The summed E-state index contributed by atoms with van der Waals surface area (Å²) in [5.74, 6) is -0.509. The van der Waals surface area contributed by atoms with Crippen molar-refractivity contribution >= 4 is 23.6 Å². The fraction of sp³-hybridized carbons (Fsp3) is 0.750. The lowest BCUT2D eigenvalue weighted by Gasteiger charge is -2.20. The summed E-state index contributed by atoms with van der Waals surface area (Å²) in [6.45, 7) is 3.34. The molecule has 9 heteroatoms. The summed E-state index contributed by atoms with van der Waals surface area (Å²) >= 11 is 0. The Morgan fingerprint density at radius 2 is 1.04 bits per heavy atom. The highest BCUT2D eigenvalue weighted by molar-refractivity contribution is 5.80.